The summed E-state index contributed by atoms with van der Waals surface area (Å²) in [4.78, 5) is 28.4. The number of halogens is 1. The summed E-state index contributed by atoms with van der Waals surface area (Å²) in [5, 5.41) is 0.655. The van der Waals surface area contributed by atoms with E-state index in [1.54, 1.807) is 0 Å². The number of carbonyl (C=O) groups excluding carboxylic acids is 2. The lowest BCUT2D eigenvalue weighted by Crippen LogP contribution is -2.38. The van der Waals surface area contributed by atoms with E-state index in [2.05, 4.69) is 0 Å². The Morgan fingerprint density at radius 1 is 1.09 bits per heavy atom. The molecule has 5 heteroatoms. The third kappa shape index (κ3) is 3.80. The molecule has 1 saturated heterocycles. The standard InChI is InChI=1S/C17H21ClN2O2/c18-15-4-1-3-13(11-15)12-16(21)19-7-2-8-20(10-9-19)17(22)14-5-6-14/h1,3-4,11,14H,2,5-10,12H2. The van der Waals surface area contributed by atoms with Crippen LogP contribution in [-0.2, 0) is 16.0 Å². The molecule has 0 atom stereocenters. The summed E-state index contributed by atoms with van der Waals surface area (Å²) in [6.45, 7) is 2.80. The Bertz CT molecular complexity index is 572. The molecule has 0 N–H and O–H groups in total. The molecule has 0 bridgehead atoms. The molecule has 1 aromatic carbocycles. The van der Waals surface area contributed by atoms with Crippen molar-refractivity contribution in [2.24, 2.45) is 5.92 Å². The van der Waals surface area contributed by atoms with Crippen molar-refractivity contribution < 1.29 is 9.59 Å². The third-order valence-corrected chi connectivity index (χ3v) is 4.57. The minimum Gasteiger partial charge on any atom is -0.341 e. The lowest BCUT2D eigenvalue weighted by Gasteiger charge is -2.22. The summed E-state index contributed by atoms with van der Waals surface area (Å²) in [6, 6.07) is 7.43. The maximum Gasteiger partial charge on any atom is 0.227 e. The van der Waals surface area contributed by atoms with Gasteiger partial charge in [0.2, 0.25) is 11.8 Å². The highest BCUT2D eigenvalue weighted by Gasteiger charge is 2.34. The maximum atomic E-state index is 12.4. The van der Waals surface area contributed by atoms with Gasteiger partial charge in [0.25, 0.3) is 0 Å². The lowest BCUT2D eigenvalue weighted by molar-refractivity contribution is -0.134. The molecule has 0 aromatic heterocycles. The second-order valence-electron chi connectivity index (χ2n) is 6.14. The van der Waals surface area contributed by atoms with E-state index in [1.807, 2.05) is 34.1 Å². The zero-order chi connectivity index (χ0) is 15.5. The number of nitrogens with zero attached hydrogens (tertiary/aromatic N) is 2. The Morgan fingerprint density at radius 3 is 2.55 bits per heavy atom. The van der Waals surface area contributed by atoms with E-state index in [0.29, 0.717) is 24.5 Å². The van der Waals surface area contributed by atoms with Gasteiger partial charge >= 0.3 is 0 Å². The van der Waals surface area contributed by atoms with E-state index in [9.17, 15) is 9.59 Å². The van der Waals surface area contributed by atoms with Gasteiger partial charge in [-0.2, -0.15) is 0 Å². The fourth-order valence-electron chi connectivity index (χ4n) is 2.91. The molecule has 2 aliphatic rings. The van der Waals surface area contributed by atoms with Crippen LogP contribution in [0.1, 0.15) is 24.8 Å². The van der Waals surface area contributed by atoms with Crippen molar-refractivity contribution in [1.29, 1.82) is 0 Å². The molecule has 4 nitrogen and oxygen atoms in total. The first-order valence-electron chi connectivity index (χ1n) is 7.94. The van der Waals surface area contributed by atoms with Crippen LogP contribution in [0.2, 0.25) is 5.02 Å². The predicted molar refractivity (Wildman–Crippen MR) is 85.7 cm³/mol. The maximum absolute atomic E-state index is 12.4. The predicted octanol–water partition coefficient (Wildman–Crippen LogP) is 2.35. The van der Waals surface area contributed by atoms with E-state index in [0.717, 1.165) is 37.9 Å². The van der Waals surface area contributed by atoms with Crippen LogP contribution in [0.25, 0.3) is 0 Å². The van der Waals surface area contributed by atoms with Gasteiger partial charge in [-0.1, -0.05) is 23.7 Å². The Morgan fingerprint density at radius 2 is 1.82 bits per heavy atom. The molecule has 0 unspecified atom stereocenters. The first kappa shape index (κ1) is 15.3. The molecule has 1 heterocycles. The fourth-order valence-corrected chi connectivity index (χ4v) is 3.12. The van der Waals surface area contributed by atoms with Crippen LogP contribution in [0.5, 0.6) is 0 Å². The monoisotopic (exact) mass is 320 g/mol. The normalized spacial score (nSPS) is 19.0. The zero-order valence-electron chi connectivity index (χ0n) is 12.6. The summed E-state index contributed by atoms with van der Waals surface area (Å²) >= 11 is 5.96. The van der Waals surface area contributed by atoms with Crippen molar-refractivity contribution in [2.45, 2.75) is 25.7 Å². The SMILES string of the molecule is O=C(Cc1cccc(Cl)c1)N1CCCN(C(=O)C2CC2)CC1. The molecule has 2 fully saturated rings. The Hall–Kier alpha value is -1.55. The molecule has 3 rings (SSSR count). The average Bonchev–Trinajstić information content (AvgIpc) is 3.33. The van der Waals surface area contributed by atoms with Gasteiger partial charge in [-0.25, -0.2) is 0 Å². The van der Waals surface area contributed by atoms with E-state index in [4.69, 9.17) is 11.6 Å². The van der Waals surface area contributed by atoms with Gasteiger partial charge in [0, 0.05) is 37.1 Å². The molecular formula is C17H21ClN2O2. The number of hydrogen-bond acceptors (Lipinski definition) is 2. The molecule has 1 aromatic rings. The number of benzene rings is 1. The minimum absolute atomic E-state index is 0.114. The molecule has 118 valence electrons. The number of hydrogen-bond donors (Lipinski definition) is 0. The molecule has 1 saturated carbocycles. The molecule has 1 aliphatic carbocycles. The topological polar surface area (TPSA) is 40.6 Å². The Labute approximate surface area is 136 Å². The van der Waals surface area contributed by atoms with E-state index < -0.39 is 0 Å². The summed E-state index contributed by atoms with van der Waals surface area (Å²) < 4.78 is 0. The summed E-state index contributed by atoms with van der Waals surface area (Å²) in [5.74, 6) is 0.654. The second kappa shape index (κ2) is 6.69. The van der Waals surface area contributed by atoms with Gasteiger partial charge in [0.05, 0.1) is 6.42 Å². The van der Waals surface area contributed by atoms with E-state index >= 15 is 0 Å². The number of amides is 2. The molecule has 22 heavy (non-hydrogen) atoms. The van der Waals surface area contributed by atoms with Crippen LogP contribution in [-0.4, -0.2) is 47.8 Å². The van der Waals surface area contributed by atoms with Crippen molar-refractivity contribution in [2.75, 3.05) is 26.2 Å². The van der Waals surface area contributed by atoms with E-state index in [1.165, 1.54) is 0 Å². The molecule has 1 aliphatic heterocycles. The smallest absolute Gasteiger partial charge is 0.227 e. The van der Waals surface area contributed by atoms with Crippen LogP contribution in [0, 0.1) is 5.92 Å². The van der Waals surface area contributed by atoms with Crippen LogP contribution in [0.4, 0.5) is 0 Å². The Kier molecular flexibility index (Phi) is 4.67. The zero-order valence-corrected chi connectivity index (χ0v) is 13.4. The van der Waals surface area contributed by atoms with Crippen LogP contribution in [0.15, 0.2) is 24.3 Å². The largest absolute Gasteiger partial charge is 0.341 e. The van der Waals surface area contributed by atoms with Gasteiger partial charge in [0.1, 0.15) is 0 Å². The second-order valence-corrected chi connectivity index (χ2v) is 6.58. The highest BCUT2D eigenvalue weighted by molar-refractivity contribution is 6.30. The van der Waals surface area contributed by atoms with Gasteiger partial charge in [-0.15, -0.1) is 0 Å². The molecule has 2 amide bonds. The number of rotatable bonds is 3. The molecular weight excluding hydrogens is 300 g/mol. The summed E-state index contributed by atoms with van der Waals surface area (Å²) in [6.07, 6.45) is 3.30. The van der Waals surface area contributed by atoms with Crippen LogP contribution < -0.4 is 0 Å². The van der Waals surface area contributed by atoms with Crippen molar-refractivity contribution in [3.8, 4) is 0 Å². The third-order valence-electron chi connectivity index (χ3n) is 4.33. The van der Waals surface area contributed by atoms with Crippen molar-refractivity contribution in [3.05, 3.63) is 34.9 Å². The van der Waals surface area contributed by atoms with E-state index in [-0.39, 0.29) is 17.7 Å². The first-order valence-corrected chi connectivity index (χ1v) is 8.32. The van der Waals surface area contributed by atoms with Crippen molar-refractivity contribution in [3.63, 3.8) is 0 Å². The summed E-state index contributed by atoms with van der Waals surface area (Å²) in [7, 11) is 0. The highest BCUT2D eigenvalue weighted by Crippen LogP contribution is 2.31. The average molecular weight is 321 g/mol. The fraction of sp³-hybridized carbons (Fsp3) is 0.529. The minimum atomic E-state index is 0.114. The Balaban J connectivity index is 1.55. The quantitative estimate of drug-likeness (QED) is 0.858. The molecule has 0 radical (unpaired) electrons. The first-order chi connectivity index (χ1) is 10.6. The van der Waals surface area contributed by atoms with Gasteiger partial charge < -0.3 is 9.80 Å². The summed E-state index contributed by atoms with van der Waals surface area (Å²) in [5.41, 5.74) is 0.938. The van der Waals surface area contributed by atoms with Gasteiger partial charge in [0.15, 0.2) is 0 Å². The highest BCUT2D eigenvalue weighted by atomic mass is 35.5. The van der Waals surface area contributed by atoms with Gasteiger partial charge in [-0.05, 0) is 37.0 Å². The van der Waals surface area contributed by atoms with Crippen LogP contribution >= 0.6 is 11.6 Å². The number of carbonyl (C=O) groups is 2. The molecule has 0 spiro atoms. The van der Waals surface area contributed by atoms with Crippen molar-refractivity contribution >= 4 is 23.4 Å². The lowest BCUT2D eigenvalue weighted by atomic mass is 10.1. The van der Waals surface area contributed by atoms with Crippen LogP contribution in [0.3, 0.4) is 0 Å². The van der Waals surface area contributed by atoms with Crippen molar-refractivity contribution in [1.82, 2.24) is 9.80 Å². The van der Waals surface area contributed by atoms with Gasteiger partial charge in [-0.3, -0.25) is 9.59 Å².